The third-order valence-electron chi connectivity index (χ3n) is 2.07. The first-order valence-electron chi connectivity index (χ1n) is 4.53. The Kier molecular flexibility index (Phi) is 2.47. The van der Waals surface area contributed by atoms with Gasteiger partial charge < -0.3 is 5.11 Å². The Morgan fingerprint density at radius 2 is 2.00 bits per heavy atom. The topological polar surface area (TPSA) is 50.9 Å². The van der Waals surface area contributed by atoms with E-state index in [9.17, 15) is 9.50 Å². The summed E-state index contributed by atoms with van der Waals surface area (Å²) in [7, 11) is 0. The van der Waals surface area contributed by atoms with E-state index in [1.807, 2.05) is 0 Å². The summed E-state index contributed by atoms with van der Waals surface area (Å²) in [4.78, 5) is 0. The summed E-state index contributed by atoms with van der Waals surface area (Å²) < 4.78 is 14.2. The fraction of sp³-hybridized carbons (Fsp3) is 0.200. The van der Waals surface area contributed by atoms with Gasteiger partial charge in [0.15, 0.2) is 0 Å². The molecule has 0 saturated heterocycles. The van der Waals surface area contributed by atoms with Crippen molar-refractivity contribution in [1.29, 1.82) is 0 Å². The van der Waals surface area contributed by atoms with Crippen LogP contribution >= 0.6 is 0 Å². The van der Waals surface area contributed by atoms with Gasteiger partial charge in [-0.15, -0.1) is 5.10 Å². The van der Waals surface area contributed by atoms with E-state index >= 15 is 0 Å². The van der Waals surface area contributed by atoms with Crippen molar-refractivity contribution in [2.45, 2.75) is 13.0 Å². The van der Waals surface area contributed by atoms with Crippen LogP contribution in [-0.4, -0.2) is 20.1 Å². The maximum Gasteiger partial charge on any atom is 0.123 e. The van der Waals surface area contributed by atoms with Gasteiger partial charge in [-0.25, -0.2) is 9.07 Å². The first-order valence-corrected chi connectivity index (χ1v) is 4.53. The Hall–Kier alpha value is -1.75. The monoisotopic (exact) mass is 207 g/mol. The summed E-state index contributed by atoms with van der Waals surface area (Å²) in [6.07, 6.45) is 0.818. The quantitative estimate of drug-likeness (QED) is 0.811. The first kappa shape index (κ1) is 9.79. The van der Waals surface area contributed by atoms with Gasteiger partial charge in [0, 0.05) is 0 Å². The molecule has 1 atom stereocenters. The molecule has 0 radical (unpaired) electrons. The zero-order valence-corrected chi connectivity index (χ0v) is 8.13. The average Bonchev–Trinajstić information content (AvgIpc) is 2.67. The lowest BCUT2D eigenvalue weighted by Crippen LogP contribution is -2.04. The smallest absolute Gasteiger partial charge is 0.123 e. The van der Waals surface area contributed by atoms with Gasteiger partial charge >= 0.3 is 0 Å². The van der Waals surface area contributed by atoms with Gasteiger partial charge in [0.1, 0.15) is 5.82 Å². The van der Waals surface area contributed by atoms with Crippen LogP contribution in [-0.2, 0) is 0 Å². The second-order valence-corrected chi connectivity index (χ2v) is 3.22. The number of nitrogens with zero attached hydrogens (tertiary/aromatic N) is 3. The molecule has 2 aromatic rings. The van der Waals surface area contributed by atoms with E-state index in [0.29, 0.717) is 11.4 Å². The summed E-state index contributed by atoms with van der Waals surface area (Å²) in [6, 6.07) is 5.83. The molecule has 4 nitrogen and oxygen atoms in total. The van der Waals surface area contributed by atoms with Gasteiger partial charge in [0.2, 0.25) is 0 Å². The van der Waals surface area contributed by atoms with E-state index in [2.05, 4.69) is 10.3 Å². The maximum absolute atomic E-state index is 12.7. The lowest BCUT2D eigenvalue weighted by Gasteiger charge is -2.07. The largest absolute Gasteiger partial charge is 0.387 e. The summed E-state index contributed by atoms with van der Waals surface area (Å²) in [5.41, 5.74) is 1.24. The molecule has 1 N–H and O–H groups in total. The molecule has 0 aliphatic rings. The van der Waals surface area contributed by atoms with Crippen molar-refractivity contribution in [2.75, 3.05) is 0 Å². The zero-order chi connectivity index (χ0) is 10.8. The van der Waals surface area contributed by atoms with Crippen molar-refractivity contribution in [3.05, 3.63) is 42.0 Å². The van der Waals surface area contributed by atoms with Crippen LogP contribution in [0.1, 0.15) is 18.7 Å². The molecule has 1 aromatic carbocycles. The molecular weight excluding hydrogens is 197 g/mol. The van der Waals surface area contributed by atoms with Crippen molar-refractivity contribution in [1.82, 2.24) is 15.0 Å². The number of aromatic nitrogens is 3. The Labute approximate surface area is 86.0 Å². The molecule has 0 aliphatic carbocycles. The van der Waals surface area contributed by atoms with Crippen LogP contribution in [0.5, 0.6) is 0 Å². The van der Waals surface area contributed by atoms with Gasteiger partial charge in [-0.3, -0.25) is 0 Å². The number of benzene rings is 1. The Morgan fingerprint density at radius 1 is 1.33 bits per heavy atom. The number of hydrogen-bond acceptors (Lipinski definition) is 3. The lowest BCUT2D eigenvalue weighted by atomic mass is 10.2. The van der Waals surface area contributed by atoms with Crippen LogP contribution in [0.2, 0.25) is 0 Å². The summed E-state index contributed by atoms with van der Waals surface area (Å²) >= 11 is 0. The van der Waals surface area contributed by atoms with E-state index in [4.69, 9.17) is 0 Å². The van der Waals surface area contributed by atoms with Crippen molar-refractivity contribution in [3.63, 3.8) is 0 Å². The highest BCUT2D eigenvalue weighted by Crippen LogP contribution is 2.15. The molecule has 0 spiro atoms. The van der Waals surface area contributed by atoms with Crippen LogP contribution < -0.4 is 0 Å². The van der Waals surface area contributed by atoms with Gasteiger partial charge in [0.25, 0.3) is 0 Å². The molecule has 0 aliphatic heterocycles. The minimum atomic E-state index is -0.662. The van der Waals surface area contributed by atoms with Gasteiger partial charge in [-0.05, 0) is 31.2 Å². The lowest BCUT2D eigenvalue weighted by molar-refractivity contribution is 0.191. The molecule has 78 valence electrons. The predicted octanol–water partition coefficient (Wildman–Crippen LogP) is 1.46. The highest BCUT2D eigenvalue weighted by Gasteiger charge is 2.10. The SMILES string of the molecule is CC(O)c1cnnn1-c1ccc(F)cc1. The number of hydrogen-bond donors (Lipinski definition) is 1. The Morgan fingerprint density at radius 3 is 2.60 bits per heavy atom. The number of aliphatic hydroxyl groups is 1. The molecule has 0 bridgehead atoms. The molecule has 2 rings (SSSR count). The molecule has 1 heterocycles. The van der Waals surface area contributed by atoms with E-state index in [-0.39, 0.29) is 5.82 Å². The Bertz CT molecular complexity index is 450. The van der Waals surface area contributed by atoms with E-state index in [1.54, 1.807) is 19.1 Å². The van der Waals surface area contributed by atoms with Crippen LogP contribution in [0.4, 0.5) is 4.39 Å². The van der Waals surface area contributed by atoms with E-state index < -0.39 is 6.10 Å². The minimum absolute atomic E-state index is 0.308. The summed E-state index contributed by atoms with van der Waals surface area (Å²) in [5.74, 6) is -0.308. The van der Waals surface area contributed by atoms with Crippen molar-refractivity contribution in [3.8, 4) is 5.69 Å². The third-order valence-corrected chi connectivity index (χ3v) is 2.07. The van der Waals surface area contributed by atoms with Crippen LogP contribution in [0.25, 0.3) is 5.69 Å². The number of rotatable bonds is 2. The van der Waals surface area contributed by atoms with Crippen molar-refractivity contribution >= 4 is 0 Å². The molecule has 5 heteroatoms. The zero-order valence-electron chi connectivity index (χ0n) is 8.13. The Balaban J connectivity index is 2.45. The second-order valence-electron chi connectivity index (χ2n) is 3.22. The van der Waals surface area contributed by atoms with Crippen molar-refractivity contribution in [2.24, 2.45) is 0 Å². The van der Waals surface area contributed by atoms with Crippen LogP contribution in [0, 0.1) is 5.82 Å². The van der Waals surface area contributed by atoms with Crippen LogP contribution in [0.3, 0.4) is 0 Å². The van der Waals surface area contributed by atoms with Crippen molar-refractivity contribution < 1.29 is 9.50 Å². The standard InChI is InChI=1S/C10H10FN3O/c1-7(15)10-6-12-13-14(10)9-4-2-8(11)3-5-9/h2-7,15H,1H3. The fourth-order valence-electron chi connectivity index (χ4n) is 1.31. The summed E-state index contributed by atoms with van der Waals surface area (Å²) in [6.45, 7) is 1.62. The molecule has 0 saturated carbocycles. The highest BCUT2D eigenvalue weighted by molar-refractivity contribution is 5.32. The molecule has 1 unspecified atom stereocenters. The molecular formula is C10H10FN3O. The van der Waals surface area contributed by atoms with Crippen LogP contribution in [0.15, 0.2) is 30.5 Å². The maximum atomic E-state index is 12.7. The second kappa shape index (κ2) is 3.78. The number of halogens is 1. The minimum Gasteiger partial charge on any atom is -0.387 e. The fourth-order valence-corrected chi connectivity index (χ4v) is 1.31. The average molecular weight is 207 g/mol. The van der Waals surface area contributed by atoms with E-state index in [0.717, 1.165) is 0 Å². The van der Waals surface area contributed by atoms with Gasteiger partial charge in [0.05, 0.1) is 23.7 Å². The normalized spacial score (nSPS) is 12.7. The highest BCUT2D eigenvalue weighted by atomic mass is 19.1. The van der Waals surface area contributed by atoms with Gasteiger partial charge in [-0.2, -0.15) is 0 Å². The number of aliphatic hydroxyl groups excluding tert-OH is 1. The predicted molar refractivity (Wildman–Crippen MR) is 52.0 cm³/mol. The molecule has 0 amide bonds. The molecule has 1 aromatic heterocycles. The third kappa shape index (κ3) is 1.87. The van der Waals surface area contributed by atoms with E-state index in [1.165, 1.54) is 23.0 Å². The molecule has 0 fully saturated rings. The summed E-state index contributed by atoms with van der Waals surface area (Å²) in [5, 5.41) is 17.0. The first-order chi connectivity index (χ1) is 7.18. The molecule has 15 heavy (non-hydrogen) atoms. The van der Waals surface area contributed by atoms with Gasteiger partial charge in [-0.1, -0.05) is 5.21 Å².